The Labute approximate surface area is 278 Å². The number of nitrogens with zero attached hydrogens (tertiary/aromatic N) is 2. The Morgan fingerprint density at radius 3 is 2.21 bits per heavy atom. The predicted octanol–water partition coefficient (Wildman–Crippen LogP) is 7.13. The minimum absolute atomic E-state index is 0.0449. The average molecular weight is 694 g/mol. The average Bonchev–Trinajstić information content (AvgIpc) is 3.04. The van der Waals surface area contributed by atoms with Crippen LogP contribution in [0.4, 0.5) is 18.9 Å². The van der Waals surface area contributed by atoms with Crippen molar-refractivity contribution in [3.8, 4) is 5.75 Å². The SMILES string of the molecule is CCC(C(=O)NC1CCCCC1)N(Cc1ccc(OC)cc1)C(=O)CN(c1ccc(Cl)c(C(F)(F)F)c1)S(=O)(=O)c1ccc(C)cc1. The van der Waals surface area contributed by atoms with Crippen LogP contribution in [0.25, 0.3) is 0 Å². The Balaban J connectivity index is 1.77. The van der Waals surface area contributed by atoms with E-state index in [1.807, 2.05) is 0 Å². The molecule has 0 spiro atoms. The first-order chi connectivity index (χ1) is 22.2. The number of rotatable bonds is 12. The topological polar surface area (TPSA) is 96.0 Å². The molecule has 0 aromatic heterocycles. The standard InChI is InChI=1S/C34H39ClF3N3O5S/c1-4-31(33(43)39-25-8-6-5-7-9-25)40(21-24-12-15-27(46-3)16-13-24)32(42)22-41(47(44,45)28-17-10-23(2)11-18-28)26-14-19-30(35)29(20-26)34(36,37)38/h10-20,25,31H,4-9,21-22H2,1-3H3,(H,39,43). The van der Waals surface area contributed by atoms with Gasteiger partial charge in [0.15, 0.2) is 0 Å². The summed E-state index contributed by atoms with van der Waals surface area (Å²) in [5, 5.41) is 2.44. The van der Waals surface area contributed by atoms with E-state index >= 15 is 0 Å². The number of halogens is 4. The van der Waals surface area contributed by atoms with Gasteiger partial charge in [0.05, 0.1) is 28.3 Å². The van der Waals surface area contributed by atoms with Crippen LogP contribution in [0.2, 0.25) is 5.02 Å². The smallest absolute Gasteiger partial charge is 0.417 e. The molecule has 2 amide bonds. The van der Waals surface area contributed by atoms with Gasteiger partial charge in [0.2, 0.25) is 11.8 Å². The van der Waals surface area contributed by atoms with Crippen LogP contribution in [-0.2, 0) is 32.3 Å². The summed E-state index contributed by atoms with van der Waals surface area (Å²) >= 11 is 5.86. The van der Waals surface area contributed by atoms with E-state index in [0.29, 0.717) is 21.7 Å². The fraction of sp³-hybridized carbons (Fsp3) is 0.412. The van der Waals surface area contributed by atoms with Gasteiger partial charge in [0, 0.05) is 12.6 Å². The fourth-order valence-electron chi connectivity index (χ4n) is 5.64. The van der Waals surface area contributed by atoms with Gasteiger partial charge < -0.3 is 15.0 Å². The van der Waals surface area contributed by atoms with Gasteiger partial charge in [-0.2, -0.15) is 13.2 Å². The lowest BCUT2D eigenvalue weighted by Crippen LogP contribution is -2.54. The maximum Gasteiger partial charge on any atom is 0.417 e. The minimum Gasteiger partial charge on any atom is -0.497 e. The lowest BCUT2D eigenvalue weighted by atomic mass is 9.95. The van der Waals surface area contributed by atoms with E-state index in [0.717, 1.165) is 49.8 Å². The van der Waals surface area contributed by atoms with Crippen LogP contribution in [-0.4, -0.2) is 50.9 Å². The largest absolute Gasteiger partial charge is 0.497 e. The summed E-state index contributed by atoms with van der Waals surface area (Å²) < 4.78 is 75.7. The predicted molar refractivity (Wildman–Crippen MR) is 175 cm³/mol. The third-order valence-corrected chi connectivity index (χ3v) is 10.4. The van der Waals surface area contributed by atoms with Crippen molar-refractivity contribution in [2.24, 2.45) is 0 Å². The van der Waals surface area contributed by atoms with Crippen LogP contribution < -0.4 is 14.4 Å². The number of hydrogen-bond donors (Lipinski definition) is 1. The maximum atomic E-state index is 14.3. The quantitative estimate of drug-likeness (QED) is 0.218. The van der Waals surface area contributed by atoms with Gasteiger partial charge in [-0.1, -0.05) is 67.6 Å². The number of alkyl halides is 3. The number of hydrogen-bond acceptors (Lipinski definition) is 5. The van der Waals surface area contributed by atoms with E-state index < -0.39 is 51.0 Å². The van der Waals surface area contributed by atoms with E-state index in [4.69, 9.17) is 16.3 Å². The Hall–Kier alpha value is -3.77. The number of benzene rings is 3. The summed E-state index contributed by atoms with van der Waals surface area (Å²) in [6, 6.07) is 14.2. The summed E-state index contributed by atoms with van der Waals surface area (Å²) in [5.41, 5.74) is -0.249. The Morgan fingerprint density at radius 1 is 1.00 bits per heavy atom. The molecule has 3 aromatic rings. The lowest BCUT2D eigenvalue weighted by molar-refractivity contribution is -0.140. The van der Waals surface area contributed by atoms with Crippen LogP contribution in [0, 0.1) is 6.92 Å². The number of carbonyl (C=O) groups is 2. The molecule has 1 unspecified atom stereocenters. The monoisotopic (exact) mass is 693 g/mol. The van der Waals surface area contributed by atoms with Gasteiger partial charge in [-0.25, -0.2) is 8.42 Å². The second kappa shape index (κ2) is 15.4. The van der Waals surface area contributed by atoms with Crippen molar-refractivity contribution in [3.05, 3.63) is 88.4 Å². The summed E-state index contributed by atoms with van der Waals surface area (Å²) in [6.45, 7) is 2.56. The number of ether oxygens (including phenoxy) is 1. The summed E-state index contributed by atoms with van der Waals surface area (Å²) in [7, 11) is -3.06. The number of aryl methyl sites for hydroxylation is 1. The highest BCUT2D eigenvalue weighted by Crippen LogP contribution is 2.38. The molecular formula is C34H39ClF3N3O5S. The van der Waals surface area contributed by atoms with Gasteiger partial charge in [-0.15, -0.1) is 0 Å². The fourth-order valence-corrected chi connectivity index (χ4v) is 7.27. The highest BCUT2D eigenvalue weighted by Gasteiger charge is 2.37. The highest BCUT2D eigenvalue weighted by molar-refractivity contribution is 7.92. The maximum absolute atomic E-state index is 14.3. The van der Waals surface area contributed by atoms with Gasteiger partial charge in [-0.3, -0.25) is 13.9 Å². The summed E-state index contributed by atoms with van der Waals surface area (Å²) in [5.74, 6) is -0.571. The number of nitrogens with one attached hydrogen (secondary N) is 1. The van der Waals surface area contributed by atoms with Crippen molar-refractivity contribution in [2.75, 3.05) is 18.0 Å². The van der Waals surface area contributed by atoms with Crippen molar-refractivity contribution in [3.63, 3.8) is 0 Å². The van der Waals surface area contributed by atoms with Gasteiger partial charge >= 0.3 is 6.18 Å². The third-order valence-electron chi connectivity index (χ3n) is 8.28. The number of sulfonamides is 1. The molecule has 1 N–H and O–H groups in total. The Bertz CT molecular complexity index is 1640. The van der Waals surface area contributed by atoms with E-state index in [1.54, 1.807) is 50.2 Å². The van der Waals surface area contributed by atoms with Crippen LogP contribution in [0.3, 0.4) is 0 Å². The normalized spacial score (nSPS) is 14.7. The zero-order valence-corrected chi connectivity index (χ0v) is 28.1. The zero-order valence-electron chi connectivity index (χ0n) is 26.5. The molecule has 0 heterocycles. The molecule has 0 radical (unpaired) electrons. The number of anilines is 1. The van der Waals surface area contributed by atoms with Gasteiger partial charge in [0.25, 0.3) is 10.0 Å². The molecule has 8 nitrogen and oxygen atoms in total. The molecule has 1 fully saturated rings. The van der Waals surface area contributed by atoms with Gasteiger partial charge in [-0.05, 0) is 74.2 Å². The van der Waals surface area contributed by atoms with Gasteiger partial charge in [0.1, 0.15) is 18.3 Å². The number of amides is 2. The molecule has 13 heteroatoms. The Morgan fingerprint density at radius 2 is 1.64 bits per heavy atom. The number of carbonyl (C=O) groups excluding carboxylic acids is 2. The summed E-state index contributed by atoms with van der Waals surface area (Å²) in [4.78, 5) is 29.1. The molecule has 4 rings (SSSR count). The number of methoxy groups -OCH3 is 1. The van der Waals surface area contributed by atoms with E-state index in [1.165, 1.54) is 24.1 Å². The van der Waals surface area contributed by atoms with Crippen LogP contribution in [0.1, 0.15) is 62.1 Å². The minimum atomic E-state index is -4.89. The van der Waals surface area contributed by atoms with Crippen molar-refractivity contribution < 1.29 is 35.9 Å². The molecule has 0 bridgehead atoms. The lowest BCUT2D eigenvalue weighted by Gasteiger charge is -2.34. The second-order valence-corrected chi connectivity index (χ2v) is 13.9. The van der Waals surface area contributed by atoms with E-state index in [9.17, 15) is 31.2 Å². The second-order valence-electron chi connectivity index (χ2n) is 11.6. The van der Waals surface area contributed by atoms with Crippen LogP contribution in [0.15, 0.2) is 71.6 Å². The molecule has 0 aliphatic heterocycles. The zero-order chi connectivity index (χ0) is 34.4. The van der Waals surface area contributed by atoms with Crippen LogP contribution in [0.5, 0.6) is 5.75 Å². The molecule has 1 saturated carbocycles. The first-order valence-electron chi connectivity index (χ1n) is 15.4. The molecule has 1 aliphatic rings. The first-order valence-corrected chi connectivity index (χ1v) is 17.2. The molecule has 1 aliphatic carbocycles. The molecule has 254 valence electrons. The van der Waals surface area contributed by atoms with E-state index in [-0.39, 0.29) is 29.8 Å². The van der Waals surface area contributed by atoms with Crippen molar-refractivity contribution in [1.29, 1.82) is 0 Å². The molecule has 1 atom stereocenters. The summed E-state index contributed by atoms with van der Waals surface area (Å²) in [6.07, 6.45) is -0.0139. The molecular weight excluding hydrogens is 655 g/mol. The van der Waals surface area contributed by atoms with Crippen molar-refractivity contribution in [1.82, 2.24) is 10.2 Å². The Kier molecular flexibility index (Phi) is 11.8. The van der Waals surface area contributed by atoms with Crippen molar-refractivity contribution in [2.45, 2.75) is 82.1 Å². The molecule has 3 aromatic carbocycles. The molecule has 0 saturated heterocycles. The third kappa shape index (κ3) is 8.98. The first kappa shape index (κ1) is 36.1. The highest BCUT2D eigenvalue weighted by atomic mass is 35.5. The van der Waals surface area contributed by atoms with Crippen molar-refractivity contribution >= 4 is 39.1 Å². The molecule has 47 heavy (non-hydrogen) atoms. The van der Waals surface area contributed by atoms with Crippen LogP contribution >= 0.6 is 11.6 Å². The van der Waals surface area contributed by atoms with E-state index in [2.05, 4.69) is 5.32 Å².